The number of hydrogen-bond acceptors (Lipinski definition) is 6. The van der Waals surface area contributed by atoms with Crippen LogP contribution in [0.3, 0.4) is 0 Å². The van der Waals surface area contributed by atoms with Crippen LogP contribution < -0.4 is 10.1 Å². The van der Waals surface area contributed by atoms with Gasteiger partial charge >= 0.3 is 0 Å². The average Bonchev–Trinajstić information content (AvgIpc) is 3.24. The molecule has 31 heavy (non-hydrogen) atoms. The minimum Gasteiger partial charge on any atom is -0.489 e. The highest BCUT2D eigenvalue weighted by atomic mass is 19.1. The summed E-state index contributed by atoms with van der Waals surface area (Å²) in [5, 5.41) is 7.10. The first-order valence-corrected chi connectivity index (χ1v) is 10.1. The highest BCUT2D eigenvalue weighted by molar-refractivity contribution is 5.88. The molecule has 4 rings (SSSR count). The van der Waals surface area contributed by atoms with Gasteiger partial charge in [0.2, 0.25) is 5.91 Å². The molecular weight excluding hydrogens is 399 g/mol. The molecule has 0 spiro atoms. The highest BCUT2D eigenvalue weighted by Gasteiger charge is 2.21. The van der Waals surface area contributed by atoms with Crippen molar-refractivity contribution in [1.29, 1.82) is 0 Å². The average molecular weight is 424 g/mol. The molecule has 1 aliphatic heterocycles. The topological polar surface area (TPSA) is 85.2 Å². The molecule has 1 amide bonds. The molecule has 2 aromatic heterocycles. The molecule has 9 heteroatoms. The standard InChI is InChI=1S/C22H25FN6O2/c1-13-7-14(2)29(27-13)22-25-20(11-21(26-22)24-15(3)30)16-8-17(23)10-19(9-16)31-18-5-6-28(4)12-18/h7-11,18H,5-6,12H2,1-4H3,(H,24,25,26,30)/t18-/m0/s1. The van der Waals surface area contributed by atoms with E-state index in [9.17, 15) is 9.18 Å². The maximum absolute atomic E-state index is 14.4. The number of nitrogens with one attached hydrogen (secondary N) is 1. The fraction of sp³-hybridized carbons (Fsp3) is 0.364. The van der Waals surface area contributed by atoms with E-state index in [1.807, 2.05) is 27.0 Å². The summed E-state index contributed by atoms with van der Waals surface area (Å²) in [5.74, 6) is 0.353. The molecule has 1 saturated heterocycles. The van der Waals surface area contributed by atoms with Gasteiger partial charge in [-0.25, -0.2) is 14.1 Å². The number of aromatic nitrogens is 4. The Balaban J connectivity index is 1.75. The fourth-order valence-electron chi connectivity index (χ4n) is 3.71. The van der Waals surface area contributed by atoms with E-state index in [1.54, 1.807) is 16.8 Å². The zero-order valence-electron chi connectivity index (χ0n) is 18.0. The van der Waals surface area contributed by atoms with Crippen LogP contribution in [0.1, 0.15) is 24.7 Å². The number of ether oxygens (including phenoxy) is 1. The van der Waals surface area contributed by atoms with Crippen LogP contribution in [0.25, 0.3) is 17.2 Å². The third-order valence-electron chi connectivity index (χ3n) is 5.04. The number of benzene rings is 1. The molecule has 1 fully saturated rings. The normalized spacial score (nSPS) is 16.5. The smallest absolute Gasteiger partial charge is 0.253 e. The van der Waals surface area contributed by atoms with Crippen molar-refractivity contribution in [2.45, 2.75) is 33.3 Å². The van der Waals surface area contributed by atoms with Crippen LogP contribution in [0.2, 0.25) is 0 Å². The van der Waals surface area contributed by atoms with Crippen molar-refractivity contribution >= 4 is 11.7 Å². The van der Waals surface area contributed by atoms with Crippen LogP contribution in [0, 0.1) is 19.7 Å². The van der Waals surface area contributed by atoms with Gasteiger partial charge in [-0.15, -0.1) is 0 Å². The maximum atomic E-state index is 14.4. The molecule has 0 bridgehead atoms. The molecule has 1 atom stereocenters. The number of aryl methyl sites for hydroxylation is 2. The van der Waals surface area contributed by atoms with E-state index in [0.717, 1.165) is 30.9 Å². The van der Waals surface area contributed by atoms with Gasteiger partial charge in [0.05, 0.1) is 11.4 Å². The zero-order chi connectivity index (χ0) is 22.1. The number of anilines is 1. The van der Waals surface area contributed by atoms with Gasteiger partial charge in [0.1, 0.15) is 23.5 Å². The lowest BCUT2D eigenvalue weighted by molar-refractivity contribution is -0.114. The van der Waals surface area contributed by atoms with Crippen molar-refractivity contribution in [2.75, 3.05) is 25.5 Å². The first kappa shape index (κ1) is 20.9. The van der Waals surface area contributed by atoms with E-state index in [-0.39, 0.29) is 18.0 Å². The third kappa shape index (κ3) is 4.88. The van der Waals surface area contributed by atoms with Gasteiger partial charge < -0.3 is 15.0 Å². The van der Waals surface area contributed by atoms with Crippen molar-refractivity contribution in [2.24, 2.45) is 0 Å². The second-order valence-corrected chi connectivity index (χ2v) is 7.92. The molecule has 8 nitrogen and oxygen atoms in total. The number of carbonyl (C=O) groups is 1. The Kier molecular flexibility index (Phi) is 5.69. The second-order valence-electron chi connectivity index (χ2n) is 7.92. The lowest BCUT2D eigenvalue weighted by Crippen LogP contribution is -2.21. The monoisotopic (exact) mass is 424 g/mol. The molecule has 0 saturated carbocycles. The minimum atomic E-state index is -0.425. The zero-order valence-corrected chi connectivity index (χ0v) is 18.0. The van der Waals surface area contributed by atoms with Crippen molar-refractivity contribution in [3.05, 3.63) is 47.5 Å². The van der Waals surface area contributed by atoms with Gasteiger partial charge in [0.25, 0.3) is 5.95 Å². The van der Waals surface area contributed by atoms with Gasteiger partial charge in [-0.3, -0.25) is 4.79 Å². The quantitative estimate of drug-likeness (QED) is 0.677. The van der Waals surface area contributed by atoms with Crippen LogP contribution >= 0.6 is 0 Å². The number of carbonyl (C=O) groups excluding carboxylic acids is 1. The first-order valence-electron chi connectivity index (χ1n) is 10.1. The Morgan fingerprint density at radius 1 is 1.19 bits per heavy atom. The van der Waals surface area contributed by atoms with Crippen molar-refractivity contribution in [3.8, 4) is 23.0 Å². The van der Waals surface area contributed by atoms with Crippen molar-refractivity contribution < 1.29 is 13.9 Å². The van der Waals surface area contributed by atoms with Crippen LogP contribution in [0.5, 0.6) is 5.75 Å². The molecule has 1 aromatic carbocycles. The summed E-state index contributed by atoms with van der Waals surface area (Å²) in [6, 6.07) is 8.03. The van der Waals surface area contributed by atoms with Crippen LogP contribution in [-0.4, -0.2) is 56.8 Å². The number of nitrogens with zero attached hydrogens (tertiary/aromatic N) is 5. The molecule has 0 radical (unpaired) electrons. The highest BCUT2D eigenvalue weighted by Crippen LogP contribution is 2.28. The van der Waals surface area contributed by atoms with Crippen LogP contribution in [-0.2, 0) is 4.79 Å². The van der Waals surface area contributed by atoms with E-state index in [2.05, 4.69) is 25.3 Å². The van der Waals surface area contributed by atoms with E-state index in [4.69, 9.17) is 4.74 Å². The van der Waals surface area contributed by atoms with Gasteiger partial charge in [-0.05, 0) is 45.5 Å². The Bertz CT molecular complexity index is 1130. The van der Waals surface area contributed by atoms with Crippen LogP contribution in [0.4, 0.5) is 10.2 Å². The summed E-state index contributed by atoms with van der Waals surface area (Å²) in [6.45, 7) is 6.91. The molecule has 0 unspecified atom stereocenters. The molecule has 3 aromatic rings. The number of halogens is 1. The molecule has 0 aliphatic carbocycles. The van der Waals surface area contributed by atoms with Gasteiger partial charge in [-0.1, -0.05) is 0 Å². The largest absolute Gasteiger partial charge is 0.489 e. The lowest BCUT2D eigenvalue weighted by atomic mass is 10.1. The summed E-state index contributed by atoms with van der Waals surface area (Å²) in [7, 11) is 2.03. The summed E-state index contributed by atoms with van der Waals surface area (Å²) in [6.07, 6.45) is 0.912. The Morgan fingerprint density at radius 3 is 2.65 bits per heavy atom. The van der Waals surface area contributed by atoms with Crippen molar-refractivity contribution in [1.82, 2.24) is 24.6 Å². The predicted molar refractivity (Wildman–Crippen MR) is 115 cm³/mol. The summed E-state index contributed by atoms with van der Waals surface area (Å²) >= 11 is 0. The van der Waals surface area contributed by atoms with Crippen LogP contribution in [0.15, 0.2) is 30.3 Å². The summed E-state index contributed by atoms with van der Waals surface area (Å²) in [4.78, 5) is 22.8. The summed E-state index contributed by atoms with van der Waals surface area (Å²) < 4.78 is 22.0. The predicted octanol–water partition coefficient (Wildman–Crippen LogP) is 3.13. The van der Waals surface area contributed by atoms with Gasteiger partial charge in [-0.2, -0.15) is 10.1 Å². The first-order chi connectivity index (χ1) is 14.8. The maximum Gasteiger partial charge on any atom is 0.253 e. The summed E-state index contributed by atoms with van der Waals surface area (Å²) in [5.41, 5.74) is 2.64. The number of hydrogen-bond donors (Lipinski definition) is 1. The van der Waals surface area contributed by atoms with Gasteiger partial charge in [0.15, 0.2) is 0 Å². The minimum absolute atomic E-state index is 0.0187. The molecule has 162 valence electrons. The molecule has 1 aliphatic rings. The second kappa shape index (κ2) is 8.43. The molecule has 1 N–H and O–H groups in total. The van der Waals surface area contributed by atoms with Crippen molar-refractivity contribution in [3.63, 3.8) is 0 Å². The van der Waals surface area contributed by atoms with E-state index >= 15 is 0 Å². The van der Waals surface area contributed by atoms with E-state index < -0.39 is 5.82 Å². The Hall–Kier alpha value is -3.33. The number of rotatable bonds is 5. The SMILES string of the molecule is CC(=O)Nc1cc(-c2cc(F)cc(O[C@H]3CCN(C)C3)c2)nc(-n2nc(C)cc2C)n1. The number of likely N-dealkylation sites (N-methyl/N-ethyl adjacent to an activating group) is 1. The van der Waals surface area contributed by atoms with Gasteiger partial charge in [0, 0.05) is 43.4 Å². The lowest BCUT2D eigenvalue weighted by Gasteiger charge is -2.15. The third-order valence-corrected chi connectivity index (χ3v) is 5.04. The molecular formula is C22H25FN6O2. The number of amides is 1. The fourth-order valence-corrected chi connectivity index (χ4v) is 3.71. The molecule has 3 heterocycles. The Morgan fingerprint density at radius 2 is 2.00 bits per heavy atom. The van der Waals surface area contributed by atoms with E-state index in [1.165, 1.54) is 19.1 Å². The van der Waals surface area contributed by atoms with E-state index in [0.29, 0.717) is 22.8 Å². The number of likely N-dealkylation sites (tertiary alicyclic amines) is 1. The Labute approximate surface area is 180 Å².